The van der Waals surface area contributed by atoms with Crippen LogP contribution in [-0.4, -0.2) is 45.8 Å². The van der Waals surface area contributed by atoms with E-state index in [1.807, 2.05) is 12.1 Å². The van der Waals surface area contributed by atoms with Crippen molar-refractivity contribution in [1.29, 1.82) is 0 Å². The molecular formula is C22H23N5O3. The van der Waals surface area contributed by atoms with E-state index in [0.717, 1.165) is 24.2 Å². The van der Waals surface area contributed by atoms with Crippen LogP contribution >= 0.6 is 0 Å². The van der Waals surface area contributed by atoms with Crippen LogP contribution in [0.1, 0.15) is 23.7 Å². The monoisotopic (exact) mass is 405 g/mol. The van der Waals surface area contributed by atoms with Gasteiger partial charge in [0, 0.05) is 31.4 Å². The molecule has 1 aliphatic heterocycles. The molecule has 0 N–H and O–H groups in total. The summed E-state index contributed by atoms with van der Waals surface area (Å²) in [5, 5.41) is 0. The van der Waals surface area contributed by atoms with Crippen LogP contribution in [0.3, 0.4) is 0 Å². The van der Waals surface area contributed by atoms with E-state index in [4.69, 9.17) is 14.5 Å². The molecule has 0 radical (unpaired) electrons. The number of morpholine rings is 1. The van der Waals surface area contributed by atoms with Crippen molar-refractivity contribution >= 4 is 5.95 Å². The Morgan fingerprint density at radius 1 is 1.23 bits per heavy atom. The largest absolute Gasteiger partial charge is 0.496 e. The Morgan fingerprint density at radius 2 is 2.13 bits per heavy atom. The molecule has 2 aliphatic rings. The van der Waals surface area contributed by atoms with E-state index in [1.165, 1.54) is 18.0 Å². The number of benzene rings is 1. The second kappa shape index (κ2) is 7.53. The molecule has 0 saturated carbocycles. The average Bonchev–Trinajstić information content (AvgIpc) is 2.80. The second-order valence-corrected chi connectivity index (χ2v) is 7.55. The van der Waals surface area contributed by atoms with Crippen molar-refractivity contribution in [3.8, 4) is 17.1 Å². The molecule has 30 heavy (non-hydrogen) atoms. The van der Waals surface area contributed by atoms with Crippen LogP contribution in [-0.2, 0) is 18.2 Å². The molecule has 0 amide bonds. The summed E-state index contributed by atoms with van der Waals surface area (Å²) in [5.41, 5.74) is 3.44. The lowest BCUT2D eigenvalue weighted by Crippen LogP contribution is -2.51. The van der Waals surface area contributed by atoms with E-state index >= 15 is 0 Å². The first-order valence-corrected chi connectivity index (χ1v) is 10.1. The average molecular weight is 405 g/mol. The van der Waals surface area contributed by atoms with E-state index in [-0.39, 0.29) is 17.7 Å². The molecule has 1 aliphatic carbocycles. The van der Waals surface area contributed by atoms with E-state index in [2.05, 4.69) is 20.9 Å². The Hall–Kier alpha value is -3.26. The van der Waals surface area contributed by atoms with Gasteiger partial charge < -0.3 is 14.4 Å². The molecule has 1 saturated heterocycles. The minimum Gasteiger partial charge on any atom is -0.496 e. The van der Waals surface area contributed by atoms with Crippen LogP contribution in [0.2, 0.25) is 0 Å². The number of fused-ring (bicyclic) bond motifs is 3. The number of hydrogen-bond donors (Lipinski definition) is 0. The summed E-state index contributed by atoms with van der Waals surface area (Å²) in [6, 6.07) is 9.49. The zero-order valence-electron chi connectivity index (χ0n) is 17.0. The molecule has 3 heterocycles. The summed E-state index contributed by atoms with van der Waals surface area (Å²) in [6.07, 6.45) is 4.81. The summed E-state index contributed by atoms with van der Waals surface area (Å²) in [6.45, 7) is 1.24. The summed E-state index contributed by atoms with van der Waals surface area (Å²) >= 11 is 0. The van der Waals surface area contributed by atoms with Gasteiger partial charge in [0.1, 0.15) is 18.2 Å². The van der Waals surface area contributed by atoms with Gasteiger partial charge in [0.25, 0.3) is 5.56 Å². The lowest BCUT2D eigenvalue weighted by Gasteiger charge is -2.45. The van der Waals surface area contributed by atoms with Crippen molar-refractivity contribution in [1.82, 2.24) is 19.5 Å². The highest BCUT2D eigenvalue weighted by Crippen LogP contribution is 2.42. The predicted octanol–water partition coefficient (Wildman–Crippen LogP) is 2.14. The maximum Gasteiger partial charge on any atom is 0.255 e. The zero-order chi connectivity index (χ0) is 20.7. The summed E-state index contributed by atoms with van der Waals surface area (Å²) < 4.78 is 13.4. The van der Waals surface area contributed by atoms with Gasteiger partial charge in [0.05, 0.1) is 31.1 Å². The lowest BCUT2D eigenvalue weighted by molar-refractivity contribution is 0.00148. The molecule has 154 valence electrons. The zero-order valence-corrected chi connectivity index (χ0v) is 17.0. The fourth-order valence-electron chi connectivity index (χ4n) is 4.53. The van der Waals surface area contributed by atoms with Gasteiger partial charge in [-0.2, -0.15) is 0 Å². The molecule has 0 spiro atoms. The fourth-order valence-corrected chi connectivity index (χ4v) is 4.53. The molecule has 2 atom stereocenters. The van der Waals surface area contributed by atoms with E-state index in [1.54, 1.807) is 31.0 Å². The highest BCUT2D eigenvalue weighted by Gasteiger charge is 2.39. The van der Waals surface area contributed by atoms with Crippen molar-refractivity contribution in [2.75, 3.05) is 25.2 Å². The molecule has 8 heteroatoms. The number of rotatable bonds is 3. The SMILES string of the molecule is COc1cccc2c1CC[C@@H]1[C@@H]2OCCN1c1nc(-c2ccncn2)cc(=O)n1C. The van der Waals surface area contributed by atoms with Crippen molar-refractivity contribution in [2.24, 2.45) is 7.05 Å². The Balaban J connectivity index is 1.57. The van der Waals surface area contributed by atoms with Crippen molar-refractivity contribution < 1.29 is 9.47 Å². The van der Waals surface area contributed by atoms with E-state index in [0.29, 0.717) is 30.5 Å². The van der Waals surface area contributed by atoms with Gasteiger partial charge >= 0.3 is 0 Å². The number of aromatic nitrogens is 4. The maximum atomic E-state index is 12.7. The maximum absolute atomic E-state index is 12.7. The van der Waals surface area contributed by atoms with E-state index in [9.17, 15) is 4.79 Å². The third kappa shape index (κ3) is 3.04. The smallest absolute Gasteiger partial charge is 0.255 e. The fraction of sp³-hybridized carbons (Fsp3) is 0.364. The molecule has 0 unspecified atom stereocenters. The van der Waals surface area contributed by atoms with Gasteiger partial charge in [-0.05, 0) is 30.5 Å². The molecule has 8 nitrogen and oxygen atoms in total. The van der Waals surface area contributed by atoms with Crippen molar-refractivity contribution in [2.45, 2.75) is 25.0 Å². The number of hydrogen-bond acceptors (Lipinski definition) is 7. The highest BCUT2D eigenvalue weighted by atomic mass is 16.5. The highest BCUT2D eigenvalue weighted by molar-refractivity contribution is 5.56. The number of ether oxygens (including phenoxy) is 2. The third-order valence-corrected chi connectivity index (χ3v) is 5.98. The standard InChI is InChI=1S/C22H23N5O3/c1-26-20(28)12-17(16-8-9-23-13-24-16)25-22(26)27-10-11-30-21-15-4-3-5-19(29-2)14(15)6-7-18(21)27/h3-5,8-9,12-13,18,21H,6-7,10-11H2,1-2H3/t18-,21-/m1/s1. The first kappa shape index (κ1) is 18.7. The quantitative estimate of drug-likeness (QED) is 0.660. The lowest BCUT2D eigenvalue weighted by atomic mass is 9.83. The van der Waals surface area contributed by atoms with Gasteiger partial charge in [0.15, 0.2) is 0 Å². The van der Waals surface area contributed by atoms with Crippen molar-refractivity contribution in [3.05, 3.63) is 64.3 Å². The minimum atomic E-state index is -0.116. The molecule has 0 bridgehead atoms. The van der Waals surface area contributed by atoms with Crippen LogP contribution in [0.4, 0.5) is 5.95 Å². The molecular weight excluding hydrogens is 382 g/mol. The third-order valence-electron chi connectivity index (χ3n) is 5.98. The summed E-state index contributed by atoms with van der Waals surface area (Å²) in [5.74, 6) is 1.55. The Morgan fingerprint density at radius 3 is 2.93 bits per heavy atom. The number of methoxy groups -OCH3 is 1. The second-order valence-electron chi connectivity index (χ2n) is 7.55. The first-order chi connectivity index (χ1) is 14.7. The molecule has 3 aromatic rings. The molecule has 1 fully saturated rings. The van der Waals surface area contributed by atoms with Gasteiger partial charge in [-0.1, -0.05) is 12.1 Å². The Labute approximate surface area is 174 Å². The van der Waals surface area contributed by atoms with Crippen LogP contribution in [0, 0.1) is 0 Å². The number of nitrogens with zero attached hydrogens (tertiary/aromatic N) is 5. The first-order valence-electron chi connectivity index (χ1n) is 10.1. The van der Waals surface area contributed by atoms with Gasteiger partial charge in [0.2, 0.25) is 5.95 Å². The Bertz CT molecular complexity index is 1130. The van der Waals surface area contributed by atoms with Crippen LogP contribution < -0.4 is 15.2 Å². The van der Waals surface area contributed by atoms with Crippen molar-refractivity contribution in [3.63, 3.8) is 0 Å². The van der Waals surface area contributed by atoms with E-state index < -0.39 is 0 Å². The molecule has 5 rings (SSSR count). The van der Waals surface area contributed by atoms with Gasteiger partial charge in [-0.15, -0.1) is 0 Å². The predicted molar refractivity (Wildman–Crippen MR) is 112 cm³/mol. The molecule has 1 aromatic carbocycles. The van der Waals surface area contributed by atoms with Crippen LogP contribution in [0.5, 0.6) is 5.75 Å². The van der Waals surface area contributed by atoms with Crippen LogP contribution in [0.15, 0.2) is 47.7 Å². The van der Waals surface area contributed by atoms with Gasteiger partial charge in [-0.25, -0.2) is 15.0 Å². The summed E-state index contributed by atoms with van der Waals surface area (Å²) in [7, 11) is 3.47. The Kier molecular flexibility index (Phi) is 4.71. The normalized spacial score (nSPS) is 20.4. The van der Waals surface area contributed by atoms with Crippen LogP contribution in [0.25, 0.3) is 11.4 Å². The molecule has 2 aromatic heterocycles. The minimum absolute atomic E-state index is 0.0859. The van der Waals surface area contributed by atoms with Gasteiger partial charge in [-0.3, -0.25) is 9.36 Å². The number of anilines is 1. The summed E-state index contributed by atoms with van der Waals surface area (Å²) in [4.78, 5) is 28.0. The topological polar surface area (TPSA) is 82.4 Å².